The number of hydrogen-bond acceptors (Lipinski definition) is 2. The van der Waals surface area contributed by atoms with E-state index in [1.165, 1.54) is 11.1 Å². The molecule has 0 saturated carbocycles. The number of nitrogens with zero attached hydrogens (tertiary/aromatic N) is 1. The van der Waals surface area contributed by atoms with Gasteiger partial charge >= 0.3 is 0 Å². The van der Waals surface area contributed by atoms with E-state index in [1.807, 2.05) is 24.3 Å². The van der Waals surface area contributed by atoms with E-state index >= 15 is 0 Å². The molecule has 0 aliphatic heterocycles. The van der Waals surface area contributed by atoms with Crippen LogP contribution in [0.1, 0.15) is 27.9 Å². The molecule has 0 saturated heterocycles. The first kappa shape index (κ1) is 13.8. The van der Waals surface area contributed by atoms with E-state index in [2.05, 4.69) is 24.1 Å². The van der Waals surface area contributed by atoms with Gasteiger partial charge in [-0.05, 0) is 30.4 Å². The van der Waals surface area contributed by atoms with E-state index in [-0.39, 0.29) is 0 Å². The largest absolute Gasteiger partial charge is 0.298 e. The summed E-state index contributed by atoms with van der Waals surface area (Å²) < 4.78 is 0. The summed E-state index contributed by atoms with van der Waals surface area (Å²) in [6.45, 7) is 9.39. The Hall–Kier alpha value is -1.67. The van der Waals surface area contributed by atoms with Crippen molar-refractivity contribution in [3.63, 3.8) is 0 Å². The molecule has 0 heterocycles. The van der Waals surface area contributed by atoms with Gasteiger partial charge in [0.25, 0.3) is 0 Å². The molecular formula is C17H21NO. The molecule has 1 aromatic rings. The Labute approximate surface area is 115 Å². The molecule has 1 atom stereocenters. The minimum Gasteiger partial charge on any atom is -0.298 e. The van der Waals surface area contributed by atoms with E-state index < -0.39 is 0 Å². The Morgan fingerprint density at radius 2 is 2.00 bits per heavy atom. The lowest BCUT2D eigenvalue weighted by molar-refractivity contribution is 0.112. The van der Waals surface area contributed by atoms with Crippen LogP contribution < -0.4 is 0 Å². The van der Waals surface area contributed by atoms with Crippen LogP contribution in [0.15, 0.2) is 43.5 Å². The third-order valence-corrected chi connectivity index (χ3v) is 3.87. The van der Waals surface area contributed by atoms with Crippen molar-refractivity contribution in [2.24, 2.45) is 0 Å². The molecule has 19 heavy (non-hydrogen) atoms. The maximum Gasteiger partial charge on any atom is 0.150 e. The molecule has 0 amide bonds. The van der Waals surface area contributed by atoms with Crippen molar-refractivity contribution < 1.29 is 4.79 Å². The van der Waals surface area contributed by atoms with Gasteiger partial charge in [-0.15, -0.1) is 13.2 Å². The van der Waals surface area contributed by atoms with Gasteiger partial charge < -0.3 is 0 Å². The molecule has 0 spiro atoms. The first-order chi connectivity index (χ1) is 9.30. The van der Waals surface area contributed by atoms with Crippen LogP contribution in [0.5, 0.6) is 0 Å². The van der Waals surface area contributed by atoms with Crippen LogP contribution in [0.2, 0.25) is 0 Å². The minimum atomic E-state index is 0.476. The molecule has 2 rings (SSSR count). The first-order valence-electron chi connectivity index (χ1n) is 6.82. The Bertz CT molecular complexity index is 468. The fraction of sp³-hybridized carbons (Fsp3) is 0.353. The lowest BCUT2D eigenvalue weighted by atomic mass is 9.85. The van der Waals surface area contributed by atoms with Crippen LogP contribution >= 0.6 is 0 Å². The molecule has 0 bridgehead atoms. The first-order valence-corrected chi connectivity index (χ1v) is 6.82. The Morgan fingerprint density at radius 3 is 2.63 bits per heavy atom. The predicted octanol–water partition coefficient (Wildman–Crippen LogP) is 3.03. The van der Waals surface area contributed by atoms with Gasteiger partial charge in [0, 0.05) is 24.7 Å². The Morgan fingerprint density at radius 1 is 1.26 bits per heavy atom. The molecule has 1 aromatic carbocycles. The lowest BCUT2D eigenvalue weighted by Crippen LogP contribution is -2.39. The third-order valence-electron chi connectivity index (χ3n) is 3.87. The number of rotatable bonds is 6. The van der Waals surface area contributed by atoms with Crippen LogP contribution in [0, 0.1) is 0 Å². The maximum atomic E-state index is 11.2. The monoisotopic (exact) mass is 255 g/mol. The van der Waals surface area contributed by atoms with Crippen LogP contribution in [0.3, 0.4) is 0 Å². The number of carbonyl (C=O) groups is 1. The SMILES string of the molecule is C=CCN(CC=C)C1CCc2cccc(C=O)c2C1. The Balaban J connectivity index is 2.22. The van der Waals surface area contributed by atoms with Gasteiger partial charge in [0.15, 0.2) is 0 Å². The number of benzene rings is 1. The fourth-order valence-electron chi connectivity index (χ4n) is 2.92. The third kappa shape index (κ3) is 3.02. The molecule has 1 unspecified atom stereocenters. The van der Waals surface area contributed by atoms with Gasteiger partial charge in [-0.1, -0.05) is 30.4 Å². The second kappa shape index (κ2) is 6.48. The van der Waals surface area contributed by atoms with Crippen molar-refractivity contribution in [2.75, 3.05) is 13.1 Å². The summed E-state index contributed by atoms with van der Waals surface area (Å²) in [6.07, 6.45) is 7.98. The van der Waals surface area contributed by atoms with Crippen molar-refractivity contribution >= 4 is 6.29 Å². The maximum absolute atomic E-state index is 11.2. The molecule has 0 fully saturated rings. The summed E-state index contributed by atoms with van der Waals surface area (Å²) in [6, 6.07) is 6.52. The standard InChI is InChI=1S/C17H21NO/c1-3-10-18(11-4-2)16-9-8-14-6-5-7-15(13-19)17(14)12-16/h3-7,13,16H,1-2,8-12H2. The van der Waals surface area contributed by atoms with E-state index in [9.17, 15) is 4.79 Å². The highest BCUT2D eigenvalue weighted by Gasteiger charge is 2.24. The zero-order valence-electron chi connectivity index (χ0n) is 11.3. The van der Waals surface area contributed by atoms with Crippen molar-refractivity contribution in [1.29, 1.82) is 0 Å². The predicted molar refractivity (Wildman–Crippen MR) is 79.6 cm³/mol. The van der Waals surface area contributed by atoms with Crippen molar-refractivity contribution in [3.8, 4) is 0 Å². The number of aryl methyl sites for hydroxylation is 1. The highest BCUT2D eigenvalue weighted by atomic mass is 16.1. The minimum absolute atomic E-state index is 0.476. The molecule has 100 valence electrons. The summed E-state index contributed by atoms with van der Waals surface area (Å²) in [4.78, 5) is 13.5. The summed E-state index contributed by atoms with van der Waals surface area (Å²) in [5.74, 6) is 0. The second-order valence-electron chi connectivity index (χ2n) is 5.03. The number of fused-ring (bicyclic) bond motifs is 1. The molecule has 1 aliphatic rings. The van der Waals surface area contributed by atoms with E-state index in [0.717, 1.165) is 44.2 Å². The van der Waals surface area contributed by atoms with E-state index in [4.69, 9.17) is 0 Å². The molecule has 0 N–H and O–H groups in total. The number of hydrogen-bond donors (Lipinski definition) is 0. The molecule has 2 nitrogen and oxygen atoms in total. The smallest absolute Gasteiger partial charge is 0.150 e. The van der Waals surface area contributed by atoms with Crippen molar-refractivity contribution in [3.05, 3.63) is 60.2 Å². The highest BCUT2D eigenvalue weighted by molar-refractivity contribution is 5.78. The zero-order chi connectivity index (χ0) is 13.7. The second-order valence-corrected chi connectivity index (χ2v) is 5.03. The van der Waals surface area contributed by atoms with Gasteiger partial charge in [-0.3, -0.25) is 9.69 Å². The summed E-state index contributed by atoms with van der Waals surface area (Å²) in [5, 5.41) is 0. The molecular weight excluding hydrogens is 234 g/mol. The molecule has 0 radical (unpaired) electrons. The zero-order valence-corrected chi connectivity index (χ0v) is 11.3. The Kier molecular flexibility index (Phi) is 4.69. The fourth-order valence-corrected chi connectivity index (χ4v) is 2.92. The van der Waals surface area contributed by atoms with Crippen molar-refractivity contribution in [1.82, 2.24) is 4.90 Å². The highest BCUT2D eigenvalue weighted by Crippen LogP contribution is 2.26. The molecule has 0 aromatic heterocycles. The summed E-state index contributed by atoms with van der Waals surface area (Å²) in [7, 11) is 0. The summed E-state index contributed by atoms with van der Waals surface area (Å²) in [5.41, 5.74) is 3.41. The van der Waals surface area contributed by atoms with E-state index in [0.29, 0.717) is 6.04 Å². The lowest BCUT2D eigenvalue weighted by Gasteiger charge is -2.34. The van der Waals surface area contributed by atoms with Gasteiger partial charge in [0.1, 0.15) is 6.29 Å². The number of aldehydes is 1. The molecule has 2 heteroatoms. The quantitative estimate of drug-likeness (QED) is 0.575. The topological polar surface area (TPSA) is 20.3 Å². The van der Waals surface area contributed by atoms with Gasteiger partial charge in [0.2, 0.25) is 0 Å². The number of carbonyl (C=O) groups excluding carboxylic acids is 1. The normalized spacial score (nSPS) is 17.8. The van der Waals surface area contributed by atoms with Crippen LogP contribution in [-0.2, 0) is 12.8 Å². The van der Waals surface area contributed by atoms with Gasteiger partial charge in [0.05, 0.1) is 0 Å². The van der Waals surface area contributed by atoms with E-state index in [1.54, 1.807) is 0 Å². The average molecular weight is 255 g/mol. The van der Waals surface area contributed by atoms with Gasteiger partial charge in [-0.25, -0.2) is 0 Å². The van der Waals surface area contributed by atoms with Crippen LogP contribution in [-0.4, -0.2) is 30.3 Å². The van der Waals surface area contributed by atoms with Gasteiger partial charge in [-0.2, -0.15) is 0 Å². The summed E-state index contributed by atoms with van der Waals surface area (Å²) >= 11 is 0. The van der Waals surface area contributed by atoms with Crippen LogP contribution in [0.25, 0.3) is 0 Å². The van der Waals surface area contributed by atoms with Crippen molar-refractivity contribution in [2.45, 2.75) is 25.3 Å². The van der Waals surface area contributed by atoms with Crippen LogP contribution in [0.4, 0.5) is 0 Å². The molecule has 1 aliphatic carbocycles. The average Bonchev–Trinajstić information content (AvgIpc) is 2.46.